The van der Waals surface area contributed by atoms with Crippen molar-refractivity contribution >= 4 is 17.6 Å². The molecular weight excluding hydrogens is 178 g/mol. The summed E-state index contributed by atoms with van der Waals surface area (Å²) in [4.78, 5) is 14.3. The smallest absolute Gasteiger partial charge is 0.138 e. The van der Waals surface area contributed by atoms with Crippen molar-refractivity contribution in [1.82, 2.24) is 4.98 Å². The molecule has 0 N–H and O–H groups in total. The monoisotopic (exact) mass is 184 g/mol. The van der Waals surface area contributed by atoms with Crippen LogP contribution in [0.25, 0.3) is 0 Å². The standard InChI is InChI=1S/C8H8ClNO2/c1-4-3-6(8(11)12)7(9)10-5(4)2/h3H,1-2H3,(H,11,12)/p-1. The summed E-state index contributed by atoms with van der Waals surface area (Å²) >= 11 is 5.56. The number of hydrogen-bond donors (Lipinski definition) is 0. The molecule has 0 aliphatic rings. The lowest BCUT2D eigenvalue weighted by Crippen LogP contribution is -2.23. The number of carbonyl (C=O) groups is 1. The second kappa shape index (κ2) is 3.11. The molecule has 0 aliphatic carbocycles. The van der Waals surface area contributed by atoms with Gasteiger partial charge in [0.15, 0.2) is 0 Å². The highest BCUT2D eigenvalue weighted by molar-refractivity contribution is 6.32. The molecule has 3 nitrogen and oxygen atoms in total. The maximum absolute atomic E-state index is 10.4. The van der Waals surface area contributed by atoms with Crippen LogP contribution >= 0.6 is 11.6 Å². The van der Waals surface area contributed by atoms with Gasteiger partial charge in [-0.25, -0.2) is 4.98 Å². The van der Waals surface area contributed by atoms with Crippen molar-refractivity contribution in [3.05, 3.63) is 28.0 Å². The van der Waals surface area contributed by atoms with Gasteiger partial charge in [-0.15, -0.1) is 0 Å². The van der Waals surface area contributed by atoms with Crippen LogP contribution in [0.3, 0.4) is 0 Å². The number of pyridine rings is 1. The zero-order valence-corrected chi connectivity index (χ0v) is 7.47. The Balaban J connectivity index is 3.33. The molecule has 0 radical (unpaired) electrons. The summed E-state index contributed by atoms with van der Waals surface area (Å²) < 4.78 is 0. The number of carboxylic acids is 1. The zero-order chi connectivity index (χ0) is 9.30. The van der Waals surface area contributed by atoms with E-state index in [2.05, 4.69) is 4.98 Å². The molecule has 0 saturated carbocycles. The second-order valence-electron chi connectivity index (χ2n) is 2.52. The molecule has 64 valence electrons. The van der Waals surface area contributed by atoms with Crippen LogP contribution in [0.15, 0.2) is 6.07 Å². The fraction of sp³-hybridized carbons (Fsp3) is 0.250. The van der Waals surface area contributed by atoms with Crippen molar-refractivity contribution in [3.63, 3.8) is 0 Å². The van der Waals surface area contributed by atoms with Gasteiger partial charge in [-0.05, 0) is 25.5 Å². The molecule has 0 unspecified atom stereocenters. The van der Waals surface area contributed by atoms with Gasteiger partial charge in [0, 0.05) is 11.3 Å². The Morgan fingerprint density at radius 2 is 2.17 bits per heavy atom. The van der Waals surface area contributed by atoms with Gasteiger partial charge in [0.25, 0.3) is 0 Å². The minimum absolute atomic E-state index is 0.0156. The minimum atomic E-state index is -1.30. The number of nitrogens with zero attached hydrogens (tertiary/aromatic N) is 1. The van der Waals surface area contributed by atoms with Gasteiger partial charge < -0.3 is 9.90 Å². The molecular formula is C8H7ClNO2-. The van der Waals surface area contributed by atoms with Crippen LogP contribution < -0.4 is 5.11 Å². The molecule has 0 amide bonds. The Hall–Kier alpha value is -1.09. The number of rotatable bonds is 1. The molecule has 4 heteroatoms. The van der Waals surface area contributed by atoms with Gasteiger partial charge in [0.2, 0.25) is 0 Å². The highest BCUT2D eigenvalue weighted by Crippen LogP contribution is 2.15. The Labute approximate surface area is 75.0 Å². The van der Waals surface area contributed by atoms with Crippen LogP contribution in [0, 0.1) is 13.8 Å². The summed E-state index contributed by atoms with van der Waals surface area (Å²) in [5, 5.41) is 10.4. The van der Waals surface area contributed by atoms with Crippen molar-refractivity contribution in [2.24, 2.45) is 0 Å². The van der Waals surface area contributed by atoms with Crippen LogP contribution in [-0.4, -0.2) is 11.0 Å². The Morgan fingerprint density at radius 1 is 1.58 bits per heavy atom. The molecule has 0 spiro atoms. The van der Waals surface area contributed by atoms with Gasteiger partial charge in [-0.1, -0.05) is 11.6 Å². The van der Waals surface area contributed by atoms with Crippen LogP contribution in [0.5, 0.6) is 0 Å². The average Bonchev–Trinajstić information content (AvgIpc) is 1.96. The van der Waals surface area contributed by atoms with E-state index in [4.69, 9.17) is 11.6 Å². The van der Waals surface area contributed by atoms with Crippen LogP contribution in [0.1, 0.15) is 21.6 Å². The van der Waals surface area contributed by atoms with Crippen molar-refractivity contribution < 1.29 is 9.90 Å². The fourth-order valence-electron chi connectivity index (χ4n) is 0.819. The number of hydrogen-bond acceptors (Lipinski definition) is 3. The van der Waals surface area contributed by atoms with Crippen LogP contribution in [0.4, 0.5) is 0 Å². The Morgan fingerprint density at radius 3 is 2.67 bits per heavy atom. The van der Waals surface area contributed by atoms with Crippen molar-refractivity contribution in [3.8, 4) is 0 Å². The van der Waals surface area contributed by atoms with E-state index in [1.165, 1.54) is 6.07 Å². The lowest BCUT2D eigenvalue weighted by Gasteiger charge is -2.07. The van der Waals surface area contributed by atoms with Crippen LogP contribution in [-0.2, 0) is 0 Å². The van der Waals surface area contributed by atoms with E-state index in [-0.39, 0.29) is 10.7 Å². The largest absolute Gasteiger partial charge is 0.545 e. The van der Waals surface area contributed by atoms with E-state index >= 15 is 0 Å². The van der Waals surface area contributed by atoms with Gasteiger partial charge in [0.1, 0.15) is 5.15 Å². The van der Waals surface area contributed by atoms with Crippen molar-refractivity contribution in [2.45, 2.75) is 13.8 Å². The van der Waals surface area contributed by atoms with Crippen molar-refractivity contribution in [2.75, 3.05) is 0 Å². The molecule has 12 heavy (non-hydrogen) atoms. The molecule has 0 fully saturated rings. The molecule has 0 aliphatic heterocycles. The predicted octanol–water partition coefficient (Wildman–Crippen LogP) is 0.715. The highest BCUT2D eigenvalue weighted by Gasteiger charge is 2.04. The molecule has 0 atom stereocenters. The molecule has 1 aromatic rings. The fourth-order valence-corrected chi connectivity index (χ4v) is 1.08. The molecule has 0 bridgehead atoms. The SMILES string of the molecule is Cc1cc(C(=O)[O-])c(Cl)nc1C. The molecule has 1 aromatic heterocycles. The van der Waals surface area contributed by atoms with E-state index in [0.717, 1.165) is 11.3 Å². The number of halogens is 1. The molecule has 1 heterocycles. The number of aromatic nitrogens is 1. The van der Waals surface area contributed by atoms with E-state index < -0.39 is 5.97 Å². The summed E-state index contributed by atoms with van der Waals surface area (Å²) in [6.07, 6.45) is 0. The molecule has 0 saturated heterocycles. The van der Waals surface area contributed by atoms with Gasteiger partial charge >= 0.3 is 0 Å². The molecule has 1 rings (SSSR count). The summed E-state index contributed by atoms with van der Waals surface area (Å²) in [7, 11) is 0. The first-order valence-electron chi connectivity index (χ1n) is 3.37. The first-order valence-corrected chi connectivity index (χ1v) is 3.75. The van der Waals surface area contributed by atoms with Gasteiger partial charge in [-0.2, -0.15) is 0 Å². The third-order valence-electron chi connectivity index (χ3n) is 1.64. The summed E-state index contributed by atoms with van der Waals surface area (Å²) in [5.41, 5.74) is 1.46. The van der Waals surface area contributed by atoms with E-state index in [1.54, 1.807) is 13.8 Å². The van der Waals surface area contributed by atoms with E-state index in [1.807, 2.05) is 0 Å². The Bertz CT molecular complexity index is 336. The summed E-state index contributed by atoms with van der Waals surface area (Å²) in [6.45, 7) is 3.53. The maximum atomic E-state index is 10.4. The van der Waals surface area contributed by atoms with Crippen LogP contribution in [0.2, 0.25) is 5.15 Å². The average molecular weight is 185 g/mol. The van der Waals surface area contributed by atoms with E-state index in [0.29, 0.717) is 0 Å². The topological polar surface area (TPSA) is 53.0 Å². The summed E-state index contributed by atoms with van der Waals surface area (Å²) in [5.74, 6) is -1.30. The molecule has 0 aromatic carbocycles. The minimum Gasteiger partial charge on any atom is -0.545 e. The zero-order valence-electron chi connectivity index (χ0n) is 6.72. The number of aryl methyl sites for hydroxylation is 2. The normalized spacial score (nSPS) is 9.92. The second-order valence-corrected chi connectivity index (χ2v) is 2.87. The van der Waals surface area contributed by atoms with E-state index in [9.17, 15) is 9.90 Å². The number of carbonyl (C=O) groups excluding carboxylic acids is 1. The van der Waals surface area contributed by atoms with Gasteiger partial charge in [0.05, 0.1) is 5.97 Å². The third-order valence-corrected chi connectivity index (χ3v) is 1.93. The highest BCUT2D eigenvalue weighted by atomic mass is 35.5. The van der Waals surface area contributed by atoms with Gasteiger partial charge in [-0.3, -0.25) is 0 Å². The number of carboxylic acid groups (broad SMARTS) is 1. The summed E-state index contributed by atoms with van der Waals surface area (Å²) in [6, 6.07) is 1.46. The lowest BCUT2D eigenvalue weighted by atomic mass is 10.2. The lowest BCUT2D eigenvalue weighted by molar-refractivity contribution is -0.255. The van der Waals surface area contributed by atoms with Crippen molar-refractivity contribution in [1.29, 1.82) is 0 Å². The third kappa shape index (κ3) is 1.56. The predicted molar refractivity (Wildman–Crippen MR) is 43.1 cm³/mol. The number of aromatic carboxylic acids is 1. The first-order chi connectivity index (χ1) is 5.52. The Kier molecular flexibility index (Phi) is 2.33. The quantitative estimate of drug-likeness (QED) is 0.605. The maximum Gasteiger partial charge on any atom is 0.138 e. The first kappa shape index (κ1) is 9.00.